The van der Waals surface area contributed by atoms with Crippen LogP contribution in [-0.2, 0) is 6.54 Å². The maximum absolute atomic E-state index is 5.88. The van der Waals surface area contributed by atoms with E-state index in [1.807, 2.05) is 24.3 Å². The molecule has 0 aliphatic carbocycles. The molecule has 4 rings (SSSR count). The van der Waals surface area contributed by atoms with Crippen LogP contribution in [0.3, 0.4) is 0 Å². The second kappa shape index (κ2) is 6.01. The summed E-state index contributed by atoms with van der Waals surface area (Å²) in [5.41, 5.74) is 9.19. The topological polar surface area (TPSA) is 51.0 Å². The first-order valence-electron chi connectivity index (χ1n) is 7.99. The Morgan fingerprint density at radius 1 is 0.913 bits per heavy atom. The molecule has 0 saturated carbocycles. The third-order valence-corrected chi connectivity index (χ3v) is 4.45. The van der Waals surface area contributed by atoms with Crippen molar-refractivity contribution in [2.45, 2.75) is 6.54 Å². The van der Waals surface area contributed by atoms with E-state index in [1.54, 1.807) is 0 Å². The van der Waals surface area contributed by atoms with Gasteiger partial charge >= 0.3 is 0 Å². The van der Waals surface area contributed by atoms with Crippen molar-refractivity contribution in [1.82, 2.24) is 4.90 Å². The molecule has 0 amide bonds. The number of hydrogen-bond donors (Lipinski definition) is 1. The number of fused-ring (bicyclic) bond motifs is 1. The molecule has 1 saturated heterocycles. The third-order valence-electron chi connectivity index (χ3n) is 4.45. The van der Waals surface area contributed by atoms with Crippen molar-refractivity contribution in [3.8, 4) is 11.5 Å². The van der Waals surface area contributed by atoms with Crippen LogP contribution in [0.1, 0.15) is 5.56 Å². The number of piperazine rings is 1. The standard InChI is InChI=1S/C18H21N3O2/c19-15-2-1-3-16(11-15)21-8-6-20(7-9-21)12-14-4-5-17-18(10-14)23-13-22-17/h1-5,10-11H,6-9,12-13,19H2. The highest BCUT2D eigenvalue weighted by atomic mass is 16.7. The molecule has 5 heteroatoms. The van der Waals surface area contributed by atoms with Gasteiger partial charge in [-0.05, 0) is 35.9 Å². The van der Waals surface area contributed by atoms with E-state index < -0.39 is 0 Å². The Morgan fingerprint density at radius 2 is 1.74 bits per heavy atom. The number of hydrogen-bond acceptors (Lipinski definition) is 5. The van der Waals surface area contributed by atoms with Gasteiger partial charge in [-0.3, -0.25) is 4.90 Å². The molecule has 2 N–H and O–H groups in total. The average Bonchev–Trinajstić information content (AvgIpc) is 3.03. The van der Waals surface area contributed by atoms with E-state index in [9.17, 15) is 0 Å². The van der Waals surface area contributed by atoms with Gasteiger partial charge in [0.25, 0.3) is 0 Å². The summed E-state index contributed by atoms with van der Waals surface area (Å²) in [6.07, 6.45) is 0. The lowest BCUT2D eigenvalue weighted by molar-refractivity contribution is 0.174. The van der Waals surface area contributed by atoms with Crippen LogP contribution < -0.4 is 20.1 Å². The maximum Gasteiger partial charge on any atom is 0.231 e. The molecule has 23 heavy (non-hydrogen) atoms. The first-order chi connectivity index (χ1) is 11.3. The molecule has 1 fully saturated rings. The van der Waals surface area contributed by atoms with Crippen molar-refractivity contribution in [3.63, 3.8) is 0 Å². The number of nitrogen functional groups attached to an aromatic ring is 1. The molecule has 120 valence electrons. The minimum atomic E-state index is 0.331. The van der Waals surface area contributed by atoms with E-state index in [1.165, 1.54) is 11.3 Å². The predicted molar refractivity (Wildman–Crippen MR) is 90.9 cm³/mol. The van der Waals surface area contributed by atoms with Crippen LogP contribution in [0.4, 0.5) is 11.4 Å². The Labute approximate surface area is 136 Å². The molecule has 0 spiro atoms. The fraction of sp³-hybridized carbons (Fsp3) is 0.333. The van der Waals surface area contributed by atoms with Crippen LogP contribution in [-0.4, -0.2) is 37.9 Å². The molecule has 0 aromatic heterocycles. The smallest absolute Gasteiger partial charge is 0.231 e. The Morgan fingerprint density at radius 3 is 2.57 bits per heavy atom. The van der Waals surface area contributed by atoms with E-state index in [0.29, 0.717) is 6.79 Å². The Bertz CT molecular complexity index is 696. The van der Waals surface area contributed by atoms with Crippen molar-refractivity contribution in [1.29, 1.82) is 0 Å². The zero-order chi connectivity index (χ0) is 15.6. The van der Waals surface area contributed by atoms with Crippen LogP contribution >= 0.6 is 0 Å². The SMILES string of the molecule is Nc1cccc(N2CCN(Cc3ccc4c(c3)OCO4)CC2)c1. The number of benzene rings is 2. The Balaban J connectivity index is 1.36. The lowest BCUT2D eigenvalue weighted by atomic mass is 10.1. The summed E-state index contributed by atoms with van der Waals surface area (Å²) in [7, 11) is 0. The van der Waals surface area contributed by atoms with Crippen molar-refractivity contribution >= 4 is 11.4 Å². The largest absolute Gasteiger partial charge is 0.454 e. The Kier molecular flexibility index (Phi) is 3.71. The number of rotatable bonds is 3. The molecule has 2 aliphatic heterocycles. The quantitative estimate of drug-likeness (QED) is 0.882. The molecule has 2 aliphatic rings. The molecule has 5 nitrogen and oxygen atoms in total. The highest BCUT2D eigenvalue weighted by Gasteiger charge is 2.19. The lowest BCUT2D eigenvalue weighted by Gasteiger charge is -2.36. The van der Waals surface area contributed by atoms with Gasteiger partial charge in [-0.2, -0.15) is 0 Å². The number of ether oxygens (including phenoxy) is 2. The van der Waals surface area contributed by atoms with Gasteiger partial charge in [0, 0.05) is 44.1 Å². The number of nitrogens with zero attached hydrogens (tertiary/aromatic N) is 2. The highest BCUT2D eigenvalue weighted by molar-refractivity contribution is 5.56. The molecule has 2 aromatic rings. The summed E-state index contributed by atoms with van der Waals surface area (Å²) >= 11 is 0. The second-order valence-electron chi connectivity index (χ2n) is 6.05. The molecule has 2 heterocycles. The highest BCUT2D eigenvalue weighted by Crippen LogP contribution is 2.33. The molecule has 0 bridgehead atoms. The van der Waals surface area contributed by atoms with Crippen LogP contribution in [0, 0.1) is 0 Å². The van der Waals surface area contributed by atoms with Gasteiger partial charge in [-0.25, -0.2) is 0 Å². The molecule has 2 aromatic carbocycles. The van der Waals surface area contributed by atoms with E-state index in [4.69, 9.17) is 15.2 Å². The first-order valence-corrected chi connectivity index (χ1v) is 7.99. The van der Waals surface area contributed by atoms with E-state index in [-0.39, 0.29) is 0 Å². The summed E-state index contributed by atoms with van der Waals surface area (Å²) in [4.78, 5) is 4.87. The second-order valence-corrected chi connectivity index (χ2v) is 6.05. The molecule has 0 atom stereocenters. The minimum absolute atomic E-state index is 0.331. The van der Waals surface area contributed by atoms with Crippen LogP contribution in [0.2, 0.25) is 0 Å². The normalized spacial score (nSPS) is 17.5. The van der Waals surface area contributed by atoms with Gasteiger partial charge in [-0.1, -0.05) is 12.1 Å². The number of nitrogens with two attached hydrogens (primary N) is 1. The average molecular weight is 311 g/mol. The zero-order valence-electron chi connectivity index (χ0n) is 13.1. The van der Waals surface area contributed by atoms with E-state index in [2.05, 4.69) is 28.0 Å². The van der Waals surface area contributed by atoms with Crippen molar-refractivity contribution < 1.29 is 9.47 Å². The van der Waals surface area contributed by atoms with Gasteiger partial charge in [-0.15, -0.1) is 0 Å². The van der Waals surface area contributed by atoms with Gasteiger partial charge in [0.1, 0.15) is 0 Å². The third kappa shape index (κ3) is 3.05. The fourth-order valence-corrected chi connectivity index (χ4v) is 3.18. The lowest BCUT2D eigenvalue weighted by Crippen LogP contribution is -2.45. The molecular weight excluding hydrogens is 290 g/mol. The van der Waals surface area contributed by atoms with Gasteiger partial charge in [0.2, 0.25) is 6.79 Å². The minimum Gasteiger partial charge on any atom is -0.454 e. The zero-order valence-corrected chi connectivity index (χ0v) is 13.1. The maximum atomic E-state index is 5.88. The fourth-order valence-electron chi connectivity index (χ4n) is 3.18. The van der Waals surface area contributed by atoms with Gasteiger partial charge in [0.15, 0.2) is 11.5 Å². The molecular formula is C18H21N3O2. The predicted octanol–water partition coefficient (Wildman–Crippen LogP) is 2.32. The summed E-state index contributed by atoms with van der Waals surface area (Å²) in [6.45, 7) is 5.41. The monoisotopic (exact) mass is 311 g/mol. The van der Waals surface area contributed by atoms with Crippen molar-refractivity contribution in [2.24, 2.45) is 0 Å². The van der Waals surface area contributed by atoms with E-state index in [0.717, 1.165) is 49.9 Å². The summed E-state index contributed by atoms with van der Waals surface area (Å²) in [6, 6.07) is 14.3. The summed E-state index contributed by atoms with van der Waals surface area (Å²) < 4.78 is 10.8. The first kappa shape index (κ1) is 14.2. The van der Waals surface area contributed by atoms with Crippen LogP contribution in [0.25, 0.3) is 0 Å². The van der Waals surface area contributed by atoms with Crippen molar-refractivity contribution in [2.75, 3.05) is 43.6 Å². The van der Waals surface area contributed by atoms with Gasteiger partial charge in [0.05, 0.1) is 0 Å². The number of anilines is 2. The molecule has 0 radical (unpaired) electrons. The summed E-state index contributed by atoms with van der Waals surface area (Å²) in [5, 5.41) is 0. The van der Waals surface area contributed by atoms with E-state index >= 15 is 0 Å². The Hall–Kier alpha value is -2.40. The summed E-state index contributed by atoms with van der Waals surface area (Å²) in [5.74, 6) is 1.71. The molecule has 0 unspecified atom stereocenters. The van der Waals surface area contributed by atoms with Crippen molar-refractivity contribution in [3.05, 3.63) is 48.0 Å². The van der Waals surface area contributed by atoms with Crippen LogP contribution in [0.5, 0.6) is 11.5 Å². The van der Waals surface area contributed by atoms with Crippen LogP contribution in [0.15, 0.2) is 42.5 Å². The van der Waals surface area contributed by atoms with Gasteiger partial charge < -0.3 is 20.1 Å².